The van der Waals surface area contributed by atoms with E-state index in [0.29, 0.717) is 12.5 Å². The molecule has 4 aromatic carbocycles. The zero-order valence-electron chi connectivity index (χ0n) is 19.4. The predicted octanol–water partition coefficient (Wildman–Crippen LogP) is 7.39. The molecular formula is C31H26FN2+. The van der Waals surface area contributed by atoms with Crippen molar-refractivity contribution in [2.45, 2.75) is 26.3 Å². The Labute approximate surface area is 199 Å². The zero-order valence-corrected chi connectivity index (χ0v) is 19.4. The summed E-state index contributed by atoms with van der Waals surface area (Å²) >= 11 is 0. The molecule has 34 heavy (non-hydrogen) atoms. The quantitative estimate of drug-likeness (QED) is 0.250. The molecule has 0 saturated heterocycles. The fourth-order valence-electron chi connectivity index (χ4n) is 5.04. The Morgan fingerprint density at radius 2 is 1.38 bits per heavy atom. The maximum atomic E-state index is 14.0. The molecule has 0 saturated carbocycles. The van der Waals surface area contributed by atoms with Gasteiger partial charge < -0.3 is 0 Å². The highest BCUT2D eigenvalue weighted by Crippen LogP contribution is 2.41. The fourth-order valence-corrected chi connectivity index (χ4v) is 5.04. The van der Waals surface area contributed by atoms with Crippen molar-refractivity contribution in [1.82, 2.24) is 4.57 Å². The van der Waals surface area contributed by atoms with Crippen molar-refractivity contribution in [3.63, 3.8) is 0 Å². The summed E-state index contributed by atoms with van der Waals surface area (Å²) in [4.78, 5) is 0. The van der Waals surface area contributed by atoms with Crippen LogP contribution in [-0.2, 0) is 6.54 Å². The van der Waals surface area contributed by atoms with Crippen LogP contribution in [0, 0.1) is 5.82 Å². The highest BCUT2D eigenvalue weighted by Gasteiger charge is 2.33. The van der Waals surface area contributed by atoms with Crippen LogP contribution < -0.4 is 4.57 Å². The second-order valence-corrected chi connectivity index (χ2v) is 9.27. The number of aromatic nitrogens is 2. The van der Waals surface area contributed by atoms with Crippen LogP contribution in [0.5, 0.6) is 0 Å². The molecule has 6 rings (SSSR count). The molecule has 1 aliphatic rings. The van der Waals surface area contributed by atoms with Crippen LogP contribution in [0.15, 0.2) is 103 Å². The van der Waals surface area contributed by atoms with Crippen molar-refractivity contribution < 1.29 is 8.96 Å². The first-order valence-electron chi connectivity index (χ1n) is 11.8. The van der Waals surface area contributed by atoms with E-state index in [0.717, 1.165) is 22.6 Å². The number of fused-ring (bicyclic) bond motifs is 3. The lowest BCUT2D eigenvalue weighted by Crippen LogP contribution is -2.30. The van der Waals surface area contributed by atoms with Crippen molar-refractivity contribution in [2.24, 2.45) is 0 Å². The van der Waals surface area contributed by atoms with Gasteiger partial charge in [-0.15, -0.1) is 0 Å². The Morgan fingerprint density at radius 1 is 0.765 bits per heavy atom. The highest BCUT2D eigenvalue weighted by molar-refractivity contribution is 5.87. The van der Waals surface area contributed by atoms with Gasteiger partial charge in [0, 0.05) is 16.7 Å². The predicted molar refractivity (Wildman–Crippen MR) is 135 cm³/mol. The van der Waals surface area contributed by atoms with Crippen LogP contribution in [0.2, 0.25) is 0 Å². The maximum Gasteiger partial charge on any atom is 0.294 e. The molecule has 0 unspecified atom stereocenters. The van der Waals surface area contributed by atoms with Gasteiger partial charge in [-0.25, -0.2) is 8.96 Å². The third-order valence-electron chi connectivity index (χ3n) is 6.75. The van der Waals surface area contributed by atoms with Gasteiger partial charge in [0.2, 0.25) is 0 Å². The largest absolute Gasteiger partial charge is 0.294 e. The molecule has 1 aliphatic heterocycles. The van der Waals surface area contributed by atoms with Gasteiger partial charge in [0.05, 0.1) is 5.56 Å². The number of imidazole rings is 1. The van der Waals surface area contributed by atoms with E-state index in [1.807, 2.05) is 6.07 Å². The van der Waals surface area contributed by atoms with E-state index < -0.39 is 0 Å². The molecule has 3 heteroatoms. The van der Waals surface area contributed by atoms with E-state index in [9.17, 15) is 4.39 Å². The summed E-state index contributed by atoms with van der Waals surface area (Å²) in [5, 5.41) is 0. The topological polar surface area (TPSA) is 8.81 Å². The molecular weight excluding hydrogens is 419 g/mol. The Balaban J connectivity index is 1.70. The van der Waals surface area contributed by atoms with Crippen LogP contribution in [0.3, 0.4) is 0 Å². The van der Waals surface area contributed by atoms with Crippen LogP contribution >= 0.6 is 0 Å². The van der Waals surface area contributed by atoms with Crippen LogP contribution in [0.4, 0.5) is 4.39 Å². The lowest BCUT2D eigenvalue weighted by molar-refractivity contribution is -0.671. The molecule has 166 valence electrons. The number of halogens is 1. The molecule has 0 bridgehead atoms. The smallest absolute Gasteiger partial charge is 0.225 e. The molecule has 0 N–H and O–H groups in total. The number of hydrogen-bond acceptors (Lipinski definition) is 0. The van der Waals surface area contributed by atoms with Gasteiger partial charge >= 0.3 is 0 Å². The first-order chi connectivity index (χ1) is 16.6. The normalized spacial score (nSPS) is 12.1. The van der Waals surface area contributed by atoms with E-state index in [4.69, 9.17) is 0 Å². The molecule has 0 fully saturated rings. The highest BCUT2D eigenvalue weighted by atomic mass is 19.1. The molecule has 0 spiro atoms. The molecule has 0 amide bonds. The van der Waals surface area contributed by atoms with Crippen LogP contribution in [0.1, 0.15) is 30.9 Å². The average molecular weight is 446 g/mol. The van der Waals surface area contributed by atoms with E-state index in [1.165, 1.54) is 27.8 Å². The summed E-state index contributed by atoms with van der Waals surface area (Å²) < 4.78 is 18.5. The minimum atomic E-state index is -0.188. The monoisotopic (exact) mass is 445 g/mol. The summed E-state index contributed by atoms with van der Waals surface area (Å²) in [5.41, 5.74) is 9.31. The van der Waals surface area contributed by atoms with Crippen LogP contribution in [-0.4, -0.2) is 4.57 Å². The molecule has 1 aromatic heterocycles. The number of hydrogen-bond donors (Lipinski definition) is 0. The van der Waals surface area contributed by atoms with Gasteiger partial charge in [-0.2, -0.15) is 4.57 Å². The molecule has 5 aromatic rings. The Kier molecular flexibility index (Phi) is 4.91. The van der Waals surface area contributed by atoms with Crippen molar-refractivity contribution in [3.8, 4) is 39.3 Å². The summed E-state index contributed by atoms with van der Waals surface area (Å²) in [6.07, 6.45) is 4.25. The molecule has 0 radical (unpaired) electrons. The Hall–Kier alpha value is -3.98. The average Bonchev–Trinajstić information content (AvgIpc) is 3.43. The van der Waals surface area contributed by atoms with Crippen molar-refractivity contribution in [3.05, 3.63) is 120 Å². The van der Waals surface area contributed by atoms with Crippen LogP contribution in [0.25, 0.3) is 39.3 Å². The van der Waals surface area contributed by atoms with Crippen molar-refractivity contribution in [1.29, 1.82) is 0 Å². The number of rotatable bonds is 4. The Morgan fingerprint density at radius 3 is 1.97 bits per heavy atom. The summed E-state index contributed by atoms with van der Waals surface area (Å²) in [6.45, 7) is 5.17. The third-order valence-corrected chi connectivity index (χ3v) is 6.75. The first-order valence-corrected chi connectivity index (χ1v) is 11.8. The molecule has 0 aliphatic carbocycles. The van der Waals surface area contributed by atoms with E-state index >= 15 is 0 Å². The number of benzene rings is 4. The molecule has 0 atom stereocenters. The van der Waals surface area contributed by atoms with E-state index in [1.54, 1.807) is 12.1 Å². The number of nitrogens with zero attached hydrogens (tertiary/aromatic N) is 2. The van der Waals surface area contributed by atoms with Gasteiger partial charge in [0.25, 0.3) is 5.82 Å². The summed E-state index contributed by atoms with van der Waals surface area (Å²) in [7, 11) is 0. The molecule has 2 nitrogen and oxygen atoms in total. The first kappa shape index (κ1) is 20.6. The third kappa shape index (κ3) is 3.36. The SMILES string of the molecule is CC(C)c1cc(-c2ccccc2)c(-n2cc[n+]3c2-c2ccc(F)cc2C3)c(-c2ccccc2)c1. The second kappa shape index (κ2) is 8.11. The minimum Gasteiger partial charge on any atom is -0.225 e. The lowest BCUT2D eigenvalue weighted by atomic mass is 9.89. The van der Waals surface area contributed by atoms with E-state index in [-0.39, 0.29) is 5.82 Å². The van der Waals surface area contributed by atoms with Gasteiger partial charge in [-0.1, -0.05) is 74.5 Å². The molecule has 2 heterocycles. The van der Waals surface area contributed by atoms with Gasteiger partial charge in [-0.05, 0) is 52.9 Å². The van der Waals surface area contributed by atoms with Crippen molar-refractivity contribution >= 4 is 0 Å². The van der Waals surface area contributed by atoms with Gasteiger partial charge in [0.15, 0.2) is 0 Å². The fraction of sp³-hybridized carbons (Fsp3) is 0.129. The van der Waals surface area contributed by atoms with Gasteiger partial charge in [-0.3, -0.25) is 0 Å². The lowest BCUT2D eigenvalue weighted by Gasteiger charge is -2.18. The minimum absolute atomic E-state index is 0.188. The van der Waals surface area contributed by atoms with Crippen molar-refractivity contribution in [2.75, 3.05) is 0 Å². The summed E-state index contributed by atoms with van der Waals surface area (Å²) in [5.74, 6) is 1.29. The Bertz CT molecular complexity index is 1440. The second-order valence-electron chi connectivity index (χ2n) is 9.27. The summed E-state index contributed by atoms with van der Waals surface area (Å²) in [6, 6.07) is 31.0. The standard InChI is InChI=1S/C31H26FN2/c1-21(2)24-18-28(22-9-5-3-6-10-22)30(29(19-24)23-11-7-4-8-12-23)34-16-15-33-20-25-17-26(32)13-14-27(25)31(33)34/h3-19,21H,20H2,1-2H3/q+1. The maximum absolute atomic E-state index is 14.0. The van der Waals surface area contributed by atoms with E-state index in [2.05, 4.69) is 108 Å². The zero-order chi connectivity index (χ0) is 23.2. The van der Waals surface area contributed by atoms with Gasteiger partial charge in [0.1, 0.15) is 30.4 Å².